The number of fused-ring (bicyclic) bond motifs is 3. The molecule has 3 heterocycles. The molecule has 3 aromatic rings. The van der Waals surface area contributed by atoms with Gasteiger partial charge < -0.3 is 24.7 Å². The number of aliphatic hydroxyl groups is 1. The van der Waals surface area contributed by atoms with Crippen molar-refractivity contribution < 1.29 is 5.11 Å². The van der Waals surface area contributed by atoms with Gasteiger partial charge >= 0.3 is 0 Å². The quantitative estimate of drug-likeness (QED) is 0.672. The second-order valence-corrected chi connectivity index (χ2v) is 5.90. The van der Waals surface area contributed by atoms with Crippen molar-refractivity contribution in [1.29, 1.82) is 0 Å². The van der Waals surface area contributed by atoms with E-state index in [9.17, 15) is 4.79 Å². The van der Waals surface area contributed by atoms with Gasteiger partial charge in [0.1, 0.15) is 5.52 Å². The molecule has 0 radical (unpaired) electrons. The number of benzene rings is 1. The zero-order chi connectivity index (χ0) is 16.8. The van der Waals surface area contributed by atoms with E-state index >= 15 is 0 Å². The van der Waals surface area contributed by atoms with Crippen LogP contribution in [0.5, 0.6) is 0 Å². The average molecular weight is 328 g/mol. The van der Waals surface area contributed by atoms with E-state index in [0.29, 0.717) is 12.1 Å². The largest absolute Gasteiger partial charge is 0.396 e. The van der Waals surface area contributed by atoms with Crippen molar-refractivity contribution in [2.24, 2.45) is 0 Å². The lowest BCUT2D eigenvalue weighted by atomic mass is 10.3. The van der Waals surface area contributed by atoms with E-state index in [0.717, 1.165) is 50.2 Å². The van der Waals surface area contributed by atoms with Gasteiger partial charge in [-0.25, -0.2) is 0 Å². The summed E-state index contributed by atoms with van der Waals surface area (Å²) >= 11 is 0. The van der Waals surface area contributed by atoms with Crippen LogP contribution in [0.1, 0.15) is 6.42 Å². The molecule has 0 atom stereocenters. The predicted octanol–water partition coefficient (Wildman–Crippen LogP) is 1.05. The van der Waals surface area contributed by atoms with Gasteiger partial charge in [0.25, 0.3) is 5.56 Å². The summed E-state index contributed by atoms with van der Waals surface area (Å²) < 4.78 is 1.90. The van der Waals surface area contributed by atoms with Crippen molar-refractivity contribution in [3.8, 4) is 0 Å². The van der Waals surface area contributed by atoms with Crippen LogP contribution in [0.2, 0.25) is 0 Å². The molecule has 1 saturated heterocycles. The summed E-state index contributed by atoms with van der Waals surface area (Å²) in [4.78, 5) is 16.8. The summed E-state index contributed by atoms with van der Waals surface area (Å²) in [5.74, 6) is 0. The number of hydrogen-bond acceptors (Lipinski definition) is 4. The summed E-state index contributed by atoms with van der Waals surface area (Å²) in [6.45, 7) is 5.86. The molecular formula is C18H24N4O2. The van der Waals surface area contributed by atoms with E-state index < -0.39 is 0 Å². The van der Waals surface area contributed by atoms with Crippen molar-refractivity contribution in [1.82, 2.24) is 19.6 Å². The minimum Gasteiger partial charge on any atom is -0.396 e. The molecule has 128 valence electrons. The molecule has 1 aromatic carbocycles. The number of aromatic amines is 1. The number of aliphatic hydroxyl groups excluding tert-OH is 1. The van der Waals surface area contributed by atoms with Crippen LogP contribution >= 0.6 is 0 Å². The Hall–Kier alpha value is -2.15. The first-order valence-electron chi connectivity index (χ1n) is 8.41. The van der Waals surface area contributed by atoms with Gasteiger partial charge in [-0.2, -0.15) is 0 Å². The molecular weight excluding hydrogens is 304 g/mol. The third-order valence-electron chi connectivity index (χ3n) is 4.24. The van der Waals surface area contributed by atoms with Gasteiger partial charge in [-0.1, -0.05) is 12.1 Å². The Kier molecular flexibility index (Phi) is 5.63. The second kappa shape index (κ2) is 8.10. The van der Waals surface area contributed by atoms with Gasteiger partial charge in [0, 0.05) is 45.5 Å². The number of nitrogens with zero attached hydrogens (tertiary/aromatic N) is 2. The Morgan fingerprint density at radius 3 is 2.58 bits per heavy atom. The normalized spacial score (nSPS) is 15.4. The molecule has 0 bridgehead atoms. The summed E-state index contributed by atoms with van der Waals surface area (Å²) in [5, 5.41) is 11.8. The average Bonchev–Trinajstić information content (AvgIpc) is 3.12. The Bertz CT molecular complexity index is 834. The van der Waals surface area contributed by atoms with Gasteiger partial charge in [0.05, 0.1) is 11.0 Å². The number of hydrogen-bond donors (Lipinski definition) is 3. The highest BCUT2D eigenvalue weighted by atomic mass is 16.3. The van der Waals surface area contributed by atoms with E-state index in [1.807, 2.05) is 47.0 Å². The number of rotatable bonds is 3. The lowest BCUT2D eigenvalue weighted by Crippen LogP contribution is -2.43. The Labute approximate surface area is 140 Å². The molecule has 0 spiro atoms. The maximum atomic E-state index is 11.6. The monoisotopic (exact) mass is 328 g/mol. The highest BCUT2D eigenvalue weighted by Crippen LogP contribution is 2.11. The maximum Gasteiger partial charge on any atom is 0.272 e. The highest BCUT2D eigenvalue weighted by Gasteiger charge is 2.07. The number of nitrogens with one attached hydrogen (secondary N) is 2. The minimum atomic E-state index is -0.0475. The fourth-order valence-electron chi connectivity index (χ4n) is 2.98. The van der Waals surface area contributed by atoms with Gasteiger partial charge in [-0.05, 0) is 30.7 Å². The molecule has 6 nitrogen and oxygen atoms in total. The Balaban J connectivity index is 0.000000150. The standard InChI is InChI=1S/C11H8N2O.C7H16N2O/c14-11-10-6-3-7-13(10)9-5-2-1-4-8(9)12-11;10-7-1-4-9-5-2-8-3-6-9/h1-7H,(H,12,14);8,10H,1-7H2. The van der Waals surface area contributed by atoms with Crippen LogP contribution in [-0.2, 0) is 0 Å². The summed E-state index contributed by atoms with van der Waals surface area (Å²) in [7, 11) is 0. The molecule has 0 amide bonds. The van der Waals surface area contributed by atoms with E-state index in [1.54, 1.807) is 0 Å². The van der Waals surface area contributed by atoms with Gasteiger partial charge in [0.15, 0.2) is 0 Å². The van der Waals surface area contributed by atoms with Gasteiger partial charge in [-0.15, -0.1) is 0 Å². The van der Waals surface area contributed by atoms with Crippen LogP contribution < -0.4 is 10.9 Å². The fourth-order valence-corrected chi connectivity index (χ4v) is 2.98. The second-order valence-electron chi connectivity index (χ2n) is 5.90. The SMILES string of the molecule is O=c1[nH]c2ccccc2n2cccc12.OCCCN1CCNCC1. The van der Waals surface area contributed by atoms with Crippen molar-refractivity contribution in [2.75, 3.05) is 39.3 Å². The molecule has 4 rings (SSSR count). The third-order valence-corrected chi connectivity index (χ3v) is 4.24. The van der Waals surface area contributed by atoms with Crippen LogP contribution in [-0.4, -0.2) is 58.7 Å². The molecule has 6 heteroatoms. The molecule has 0 unspecified atom stereocenters. The van der Waals surface area contributed by atoms with Crippen molar-refractivity contribution in [3.05, 3.63) is 52.9 Å². The first kappa shape index (κ1) is 16.7. The molecule has 1 fully saturated rings. The first-order valence-corrected chi connectivity index (χ1v) is 8.41. The zero-order valence-corrected chi connectivity index (χ0v) is 13.7. The summed E-state index contributed by atoms with van der Waals surface area (Å²) in [6.07, 6.45) is 2.81. The molecule has 0 saturated carbocycles. The van der Waals surface area contributed by atoms with Crippen LogP contribution in [0, 0.1) is 0 Å². The number of para-hydroxylation sites is 2. The number of aromatic nitrogens is 2. The fraction of sp³-hybridized carbons (Fsp3) is 0.389. The molecule has 24 heavy (non-hydrogen) atoms. The molecule has 1 aliphatic rings. The predicted molar refractivity (Wildman–Crippen MR) is 96.5 cm³/mol. The topological polar surface area (TPSA) is 72.8 Å². The molecule has 2 aromatic heterocycles. The van der Waals surface area contributed by atoms with Crippen LogP contribution in [0.4, 0.5) is 0 Å². The first-order chi connectivity index (χ1) is 11.8. The van der Waals surface area contributed by atoms with E-state index in [2.05, 4.69) is 15.2 Å². The molecule has 0 aliphatic carbocycles. The summed E-state index contributed by atoms with van der Waals surface area (Å²) in [5.41, 5.74) is 2.52. The Morgan fingerprint density at radius 2 is 1.79 bits per heavy atom. The maximum absolute atomic E-state index is 11.6. The molecule has 1 aliphatic heterocycles. The third kappa shape index (κ3) is 3.84. The van der Waals surface area contributed by atoms with Crippen LogP contribution in [0.15, 0.2) is 47.4 Å². The van der Waals surface area contributed by atoms with Crippen molar-refractivity contribution >= 4 is 16.6 Å². The van der Waals surface area contributed by atoms with E-state index in [1.165, 1.54) is 0 Å². The van der Waals surface area contributed by atoms with E-state index in [-0.39, 0.29) is 5.56 Å². The highest BCUT2D eigenvalue weighted by molar-refractivity contribution is 5.77. The lowest BCUT2D eigenvalue weighted by Gasteiger charge is -2.26. The summed E-state index contributed by atoms with van der Waals surface area (Å²) in [6, 6.07) is 11.4. The van der Waals surface area contributed by atoms with Crippen LogP contribution in [0.25, 0.3) is 16.6 Å². The minimum absolute atomic E-state index is 0.0475. The number of H-pyrrole nitrogens is 1. The van der Waals surface area contributed by atoms with E-state index in [4.69, 9.17) is 5.11 Å². The van der Waals surface area contributed by atoms with Crippen LogP contribution in [0.3, 0.4) is 0 Å². The lowest BCUT2D eigenvalue weighted by molar-refractivity contribution is 0.206. The smallest absolute Gasteiger partial charge is 0.272 e. The van der Waals surface area contributed by atoms with Gasteiger partial charge in [-0.3, -0.25) is 4.79 Å². The molecule has 3 N–H and O–H groups in total. The van der Waals surface area contributed by atoms with Gasteiger partial charge in [0.2, 0.25) is 0 Å². The Morgan fingerprint density at radius 1 is 1.04 bits per heavy atom. The van der Waals surface area contributed by atoms with Crippen molar-refractivity contribution in [2.45, 2.75) is 6.42 Å². The van der Waals surface area contributed by atoms with Crippen molar-refractivity contribution in [3.63, 3.8) is 0 Å². The zero-order valence-electron chi connectivity index (χ0n) is 13.7. The number of piperazine rings is 1.